The lowest BCUT2D eigenvalue weighted by Gasteiger charge is -2.11. The number of hydrogen-bond acceptors (Lipinski definition) is 4. The maximum atomic E-state index is 13.1. The number of ether oxygens (including phenoxy) is 1. The molecule has 0 amide bonds. The second-order valence-corrected chi connectivity index (χ2v) is 3.99. The van der Waals surface area contributed by atoms with Crippen LogP contribution >= 0.6 is 22.5 Å². The number of thiol groups is 1. The van der Waals surface area contributed by atoms with Gasteiger partial charge >= 0.3 is 0 Å². The molecule has 1 aromatic carbocycles. The molecular weight excluding hydrogens is 209 g/mol. The zero-order valence-electron chi connectivity index (χ0n) is 7.03. The fourth-order valence-electron chi connectivity index (χ4n) is 0.813. The highest BCUT2D eigenvalue weighted by atomic mass is 33.1. The van der Waals surface area contributed by atoms with Crippen LogP contribution in [0.5, 0.6) is 5.75 Å². The number of nitrogens with two attached hydrogens (primary N) is 1. The van der Waals surface area contributed by atoms with Crippen molar-refractivity contribution < 1.29 is 9.13 Å². The molecule has 0 aliphatic heterocycles. The van der Waals surface area contributed by atoms with Crippen LogP contribution in [0.25, 0.3) is 0 Å². The van der Waals surface area contributed by atoms with Gasteiger partial charge in [0, 0.05) is 11.8 Å². The summed E-state index contributed by atoms with van der Waals surface area (Å²) in [5.41, 5.74) is 5.57. The standard InChI is InChI=1S/C8H10FNOS2/c1-5(13-12)11-8-3-2-6(10)4-7(8)9/h2-5,12H,10H2,1H3. The lowest BCUT2D eigenvalue weighted by atomic mass is 10.3. The molecule has 0 saturated carbocycles. The van der Waals surface area contributed by atoms with E-state index in [0.29, 0.717) is 5.69 Å². The zero-order chi connectivity index (χ0) is 9.84. The molecule has 1 atom stereocenters. The lowest BCUT2D eigenvalue weighted by molar-refractivity contribution is 0.293. The Morgan fingerprint density at radius 1 is 1.62 bits per heavy atom. The van der Waals surface area contributed by atoms with Crippen LogP contribution in [-0.2, 0) is 0 Å². The van der Waals surface area contributed by atoms with Crippen molar-refractivity contribution in [3.8, 4) is 5.75 Å². The maximum absolute atomic E-state index is 13.1. The highest BCUT2D eigenvalue weighted by molar-refractivity contribution is 8.68. The number of hydrogen-bond donors (Lipinski definition) is 2. The molecule has 1 aromatic rings. The molecule has 0 aliphatic rings. The van der Waals surface area contributed by atoms with Crippen molar-refractivity contribution >= 4 is 28.1 Å². The third-order valence-corrected chi connectivity index (χ3v) is 2.68. The first-order valence-electron chi connectivity index (χ1n) is 3.65. The van der Waals surface area contributed by atoms with E-state index in [0.717, 1.165) is 0 Å². The van der Waals surface area contributed by atoms with Gasteiger partial charge in [0.15, 0.2) is 17.0 Å². The Labute approximate surface area is 85.5 Å². The van der Waals surface area contributed by atoms with Crippen molar-refractivity contribution in [2.45, 2.75) is 12.4 Å². The average molecular weight is 219 g/mol. The number of halogens is 1. The molecule has 2 N–H and O–H groups in total. The molecule has 1 rings (SSSR count). The van der Waals surface area contributed by atoms with E-state index in [9.17, 15) is 4.39 Å². The highest BCUT2D eigenvalue weighted by Gasteiger charge is 2.07. The fraction of sp³-hybridized carbons (Fsp3) is 0.250. The Morgan fingerprint density at radius 2 is 2.31 bits per heavy atom. The Bertz CT molecular complexity index is 295. The first-order chi connectivity index (χ1) is 6.13. The second-order valence-electron chi connectivity index (χ2n) is 2.48. The van der Waals surface area contributed by atoms with Crippen LogP contribution < -0.4 is 10.5 Å². The van der Waals surface area contributed by atoms with Crippen LogP contribution in [0.3, 0.4) is 0 Å². The van der Waals surface area contributed by atoms with Gasteiger partial charge in [-0.2, -0.15) is 0 Å². The number of rotatable bonds is 3. The SMILES string of the molecule is CC(Oc1ccc(N)cc1F)SS. The summed E-state index contributed by atoms with van der Waals surface area (Å²) >= 11 is 3.94. The fourth-order valence-corrected chi connectivity index (χ4v) is 1.09. The second kappa shape index (κ2) is 4.62. The average Bonchev–Trinajstić information content (AvgIpc) is 2.09. The zero-order valence-corrected chi connectivity index (χ0v) is 8.74. The van der Waals surface area contributed by atoms with Crippen LogP contribution in [0, 0.1) is 5.82 Å². The van der Waals surface area contributed by atoms with E-state index >= 15 is 0 Å². The van der Waals surface area contributed by atoms with E-state index in [1.807, 2.05) is 0 Å². The molecule has 1 unspecified atom stereocenters. The van der Waals surface area contributed by atoms with Gasteiger partial charge in [0.2, 0.25) is 0 Å². The highest BCUT2D eigenvalue weighted by Crippen LogP contribution is 2.24. The molecule has 0 heterocycles. The summed E-state index contributed by atoms with van der Waals surface area (Å²) in [4.78, 5) is 0. The number of nitrogen functional groups attached to an aromatic ring is 1. The van der Waals surface area contributed by atoms with Crippen molar-refractivity contribution in [3.05, 3.63) is 24.0 Å². The molecule has 72 valence electrons. The minimum atomic E-state index is -0.450. The molecule has 13 heavy (non-hydrogen) atoms. The molecule has 0 bridgehead atoms. The van der Waals surface area contributed by atoms with Gasteiger partial charge in [-0.1, -0.05) is 10.8 Å². The van der Waals surface area contributed by atoms with Gasteiger partial charge in [-0.05, 0) is 19.1 Å². The molecule has 2 nitrogen and oxygen atoms in total. The minimum Gasteiger partial charge on any atom is -0.476 e. The summed E-state index contributed by atoms with van der Waals surface area (Å²) in [5.74, 6) is -0.252. The summed E-state index contributed by atoms with van der Waals surface area (Å²) in [5, 5.41) is 0. The largest absolute Gasteiger partial charge is 0.476 e. The Kier molecular flexibility index (Phi) is 3.74. The van der Waals surface area contributed by atoms with Crippen molar-refractivity contribution in [1.82, 2.24) is 0 Å². The number of benzene rings is 1. The van der Waals surface area contributed by atoms with Crippen molar-refractivity contribution in [1.29, 1.82) is 0 Å². The van der Waals surface area contributed by atoms with Crippen LogP contribution in [0.2, 0.25) is 0 Å². The predicted molar refractivity (Wildman–Crippen MR) is 57.5 cm³/mol. The third-order valence-electron chi connectivity index (χ3n) is 1.40. The summed E-state index contributed by atoms with van der Waals surface area (Å²) in [6.45, 7) is 1.79. The van der Waals surface area contributed by atoms with Crippen LogP contribution in [-0.4, -0.2) is 5.44 Å². The molecule has 0 radical (unpaired) electrons. The predicted octanol–water partition coefficient (Wildman–Crippen LogP) is 2.71. The van der Waals surface area contributed by atoms with E-state index in [4.69, 9.17) is 10.5 Å². The van der Waals surface area contributed by atoms with Crippen molar-refractivity contribution in [2.24, 2.45) is 0 Å². The first-order valence-corrected chi connectivity index (χ1v) is 5.58. The Hall–Kier alpha value is -0.550. The van der Waals surface area contributed by atoms with Crippen LogP contribution in [0.4, 0.5) is 10.1 Å². The van der Waals surface area contributed by atoms with Gasteiger partial charge in [-0.3, -0.25) is 0 Å². The van der Waals surface area contributed by atoms with E-state index in [-0.39, 0.29) is 11.2 Å². The van der Waals surface area contributed by atoms with E-state index < -0.39 is 5.82 Å². The van der Waals surface area contributed by atoms with Gasteiger partial charge < -0.3 is 10.5 Å². The quantitative estimate of drug-likeness (QED) is 0.355. The van der Waals surface area contributed by atoms with E-state index in [1.54, 1.807) is 13.0 Å². The normalized spacial score (nSPS) is 12.5. The van der Waals surface area contributed by atoms with E-state index in [2.05, 4.69) is 11.7 Å². The molecule has 5 heteroatoms. The minimum absolute atomic E-state index is 0.193. The maximum Gasteiger partial charge on any atom is 0.167 e. The monoisotopic (exact) mass is 219 g/mol. The Balaban J connectivity index is 2.77. The molecular formula is C8H10FNOS2. The van der Waals surface area contributed by atoms with Crippen molar-refractivity contribution in [2.75, 3.05) is 5.73 Å². The molecule has 0 aliphatic carbocycles. The van der Waals surface area contributed by atoms with E-state index in [1.165, 1.54) is 22.9 Å². The van der Waals surface area contributed by atoms with Gasteiger partial charge in [-0.15, -0.1) is 11.7 Å². The number of anilines is 1. The topological polar surface area (TPSA) is 35.2 Å². The van der Waals surface area contributed by atoms with Gasteiger partial charge in [0.25, 0.3) is 0 Å². The van der Waals surface area contributed by atoms with Gasteiger partial charge in [0.1, 0.15) is 0 Å². The third kappa shape index (κ3) is 3.00. The smallest absolute Gasteiger partial charge is 0.167 e. The summed E-state index contributed by atoms with van der Waals surface area (Å²) < 4.78 is 18.3. The molecule has 0 fully saturated rings. The molecule has 0 aromatic heterocycles. The van der Waals surface area contributed by atoms with Gasteiger partial charge in [-0.25, -0.2) is 4.39 Å². The summed E-state index contributed by atoms with van der Waals surface area (Å²) in [6, 6.07) is 4.32. The molecule has 0 saturated heterocycles. The summed E-state index contributed by atoms with van der Waals surface area (Å²) in [7, 11) is 1.21. The van der Waals surface area contributed by atoms with Crippen LogP contribution in [0.15, 0.2) is 18.2 Å². The van der Waals surface area contributed by atoms with Crippen molar-refractivity contribution in [3.63, 3.8) is 0 Å². The first kappa shape index (κ1) is 10.5. The molecule has 0 spiro atoms. The van der Waals surface area contributed by atoms with Crippen LogP contribution in [0.1, 0.15) is 6.92 Å². The summed E-state index contributed by atoms with van der Waals surface area (Å²) in [6.07, 6.45) is 0. The lowest BCUT2D eigenvalue weighted by Crippen LogP contribution is -2.06. The Morgan fingerprint density at radius 3 is 2.85 bits per heavy atom. The van der Waals surface area contributed by atoms with Gasteiger partial charge in [0.05, 0.1) is 0 Å².